The van der Waals surface area contributed by atoms with Gasteiger partial charge < -0.3 is 20.0 Å². The molecular weight excluding hydrogens is 294 g/mol. The molecule has 0 aromatic heterocycles. The van der Waals surface area contributed by atoms with Crippen molar-refractivity contribution < 1.29 is 19.4 Å². The van der Waals surface area contributed by atoms with Crippen LogP contribution in [0.15, 0.2) is 17.8 Å². The predicted octanol–water partition coefficient (Wildman–Crippen LogP) is 2.54. The fourth-order valence-corrected chi connectivity index (χ4v) is 2.67. The van der Waals surface area contributed by atoms with Gasteiger partial charge in [0.05, 0.1) is 6.61 Å². The maximum Gasteiger partial charge on any atom is 0.358 e. The lowest BCUT2D eigenvalue weighted by molar-refractivity contribution is -0.139. The predicted molar refractivity (Wildman–Crippen MR) is 79.0 cm³/mol. The number of halogens is 1. The summed E-state index contributed by atoms with van der Waals surface area (Å²) in [6, 6.07) is 3.43. The van der Waals surface area contributed by atoms with Crippen LogP contribution >= 0.6 is 11.6 Å². The van der Waals surface area contributed by atoms with Crippen LogP contribution in [0.3, 0.4) is 0 Å². The lowest BCUT2D eigenvalue weighted by atomic mass is 9.89. The van der Waals surface area contributed by atoms with Crippen LogP contribution in [0.4, 0.5) is 0 Å². The van der Waals surface area contributed by atoms with Crippen LogP contribution in [0.5, 0.6) is 0 Å². The minimum Gasteiger partial charge on any atom is -0.505 e. The van der Waals surface area contributed by atoms with Crippen molar-refractivity contribution in [3.63, 3.8) is 0 Å². The molecule has 1 unspecified atom stereocenters. The summed E-state index contributed by atoms with van der Waals surface area (Å²) >= 11 is 6.16. The van der Waals surface area contributed by atoms with Gasteiger partial charge in [0.2, 0.25) is 0 Å². The Balaban J connectivity index is 2.63. The number of carbonyl (C=O) groups excluding carboxylic acids is 2. The summed E-state index contributed by atoms with van der Waals surface area (Å²) in [6.07, 6.45) is 0.751. The summed E-state index contributed by atoms with van der Waals surface area (Å²) < 4.78 is 4.90. The van der Waals surface area contributed by atoms with E-state index in [-0.39, 0.29) is 18.1 Å². The number of fused-ring (bicyclic) bond motifs is 1. The Bertz CT molecular complexity index is 624. The SMILES string of the molecule is CCOC(=O)C1=C(O)c2c(ccc(Cl)c2C(C)C=O)CN1. The zero-order valence-electron chi connectivity index (χ0n) is 11.8. The number of hydrogen-bond donors (Lipinski definition) is 2. The Hall–Kier alpha value is -2.01. The summed E-state index contributed by atoms with van der Waals surface area (Å²) in [5, 5.41) is 13.6. The number of aliphatic hydroxyl groups is 1. The number of esters is 1. The number of aliphatic hydroxyl groups excluding tert-OH is 1. The van der Waals surface area contributed by atoms with E-state index >= 15 is 0 Å². The van der Waals surface area contributed by atoms with E-state index in [0.29, 0.717) is 22.7 Å². The van der Waals surface area contributed by atoms with Gasteiger partial charge in [-0.15, -0.1) is 0 Å². The number of aldehydes is 1. The number of ether oxygens (including phenoxy) is 1. The minimum atomic E-state index is -0.634. The third kappa shape index (κ3) is 2.74. The van der Waals surface area contributed by atoms with Crippen molar-refractivity contribution in [1.82, 2.24) is 5.32 Å². The molecule has 1 aliphatic heterocycles. The van der Waals surface area contributed by atoms with Gasteiger partial charge in [-0.3, -0.25) is 0 Å². The molecule has 21 heavy (non-hydrogen) atoms. The first-order chi connectivity index (χ1) is 10.0. The summed E-state index contributed by atoms with van der Waals surface area (Å²) in [4.78, 5) is 23.0. The first kappa shape index (κ1) is 15.4. The summed E-state index contributed by atoms with van der Waals surface area (Å²) in [6.45, 7) is 3.93. The van der Waals surface area contributed by atoms with Crippen molar-refractivity contribution in [2.24, 2.45) is 0 Å². The maximum absolute atomic E-state index is 11.8. The molecule has 1 aromatic carbocycles. The molecule has 0 spiro atoms. The second-order valence-electron chi connectivity index (χ2n) is 4.72. The van der Waals surface area contributed by atoms with Crippen LogP contribution in [0.2, 0.25) is 5.02 Å². The van der Waals surface area contributed by atoms with Crippen LogP contribution in [-0.2, 0) is 20.9 Å². The van der Waals surface area contributed by atoms with E-state index in [9.17, 15) is 14.7 Å². The Morgan fingerprint density at radius 2 is 2.29 bits per heavy atom. The standard InChI is InChI=1S/C15H16ClNO4/c1-3-21-15(20)13-14(19)12-9(6-17-13)4-5-10(16)11(12)8(2)7-18/h4-5,7-8,17,19H,3,6H2,1-2H3. The minimum absolute atomic E-state index is 0.00837. The van der Waals surface area contributed by atoms with Crippen LogP contribution in [0.25, 0.3) is 5.76 Å². The molecule has 112 valence electrons. The molecule has 0 bridgehead atoms. The molecule has 0 amide bonds. The number of hydrogen-bond acceptors (Lipinski definition) is 5. The molecule has 1 aliphatic rings. The van der Waals surface area contributed by atoms with Gasteiger partial charge in [-0.05, 0) is 24.1 Å². The van der Waals surface area contributed by atoms with Crippen molar-refractivity contribution >= 4 is 29.6 Å². The Labute approximate surface area is 127 Å². The van der Waals surface area contributed by atoms with Crippen molar-refractivity contribution in [2.75, 3.05) is 6.61 Å². The fraction of sp³-hybridized carbons (Fsp3) is 0.333. The molecule has 6 heteroatoms. The number of benzene rings is 1. The third-order valence-corrected chi connectivity index (χ3v) is 3.68. The summed E-state index contributed by atoms with van der Waals surface area (Å²) in [5.74, 6) is -1.36. The highest BCUT2D eigenvalue weighted by Crippen LogP contribution is 2.36. The molecule has 0 aliphatic carbocycles. The van der Waals surface area contributed by atoms with Gasteiger partial charge in [0.1, 0.15) is 6.29 Å². The molecule has 1 aromatic rings. The zero-order chi connectivity index (χ0) is 15.6. The molecule has 2 rings (SSSR count). The highest BCUT2D eigenvalue weighted by Gasteiger charge is 2.29. The van der Waals surface area contributed by atoms with Gasteiger partial charge in [0.15, 0.2) is 11.5 Å². The number of rotatable bonds is 4. The van der Waals surface area contributed by atoms with Crippen molar-refractivity contribution in [3.8, 4) is 0 Å². The molecule has 1 atom stereocenters. The quantitative estimate of drug-likeness (QED) is 0.660. The average molecular weight is 310 g/mol. The van der Waals surface area contributed by atoms with Crippen LogP contribution < -0.4 is 5.32 Å². The molecule has 0 radical (unpaired) electrons. The van der Waals surface area contributed by atoms with E-state index in [4.69, 9.17) is 16.3 Å². The summed E-state index contributed by atoms with van der Waals surface area (Å²) in [7, 11) is 0. The number of carbonyl (C=O) groups is 2. The third-order valence-electron chi connectivity index (χ3n) is 3.35. The second-order valence-corrected chi connectivity index (χ2v) is 5.12. The van der Waals surface area contributed by atoms with E-state index < -0.39 is 11.9 Å². The van der Waals surface area contributed by atoms with Gasteiger partial charge in [-0.1, -0.05) is 24.6 Å². The normalized spacial score (nSPS) is 15.0. The fourth-order valence-electron chi connectivity index (χ4n) is 2.34. The van der Waals surface area contributed by atoms with E-state index in [1.807, 2.05) is 0 Å². The van der Waals surface area contributed by atoms with Gasteiger partial charge in [-0.25, -0.2) is 4.79 Å². The first-order valence-electron chi connectivity index (χ1n) is 6.62. The Morgan fingerprint density at radius 3 is 2.90 bits per heavy atom. The molecular formula is C15H16ClNO4. The second kappa shape index (κ2) is 6.18. The lowest BCUT2D eigenvalue weighted by Crippen LogP contribution is -2.28. The largest absolute Gasteiger partial charge is 0.505 e. The van der Waals surface area contributed by atoms with Gasteiger partial charge >= 0.3 is 5.97 Å². The number of nitrogens with one attached hydrogen (secondary N) is 1. The molecule has 1 heterocycles. The smallest absolute Gasteiger partial charge is 0.358 e. The highest BCUT2D eigenvalue weighted by atomic mass is 35.5. The van der Waals surface area contributed by atoms with E-state index in [0.717, 1.165) is 11.8 Å². The molecule has 2 N–H and O–H groups in total. The van der Waals surface area contributed by atoms with E-state index in [1.54, 1.807) is 26.0 Å². The average Bonchev–Trinajstić information content (AvgIpc) is 2.47. The van der Waals surface area contributed by atoms with Crippen LogP contribution in [-0.4, -0.2) is 24.0 Å². The van der Waals surface area contributed by atoms with Gasteiger partial charge in [-0.2, -0.15) is 0 Å². The van der Waals surface area contributed by atoms with Crippen LogP contribution in [0.1, 0.15) is 36.5 Å². The molecule has 0 saturated heterocycles. The maximum atomic E-state index is 11.8. The van der Waals surface area contributed by atoms with Gasteiger partial charge in [0.25, 0.3) is 0 Å². The first-order valence-corrected chi connectivity index (χ1v) is 7.00. The van der Waals surface area contributed by atoms with Crippen molar-refractivity contribution in [1.29, 1.82) is 0 Å². The lowest BCUT2D eigenvalue weighted by Gasteiger charge is -2.24. The highest BCUT2D eigenvalue weighted by molar-refractivity contribution is 6.32. The van der Waals surface area contributed by atoms with Gasteiger partial charge in [0, 0.05) is 23.0 Å². The topological polar surface area (TPSA) is 75.6 Å². The zero-order valence-corrected chi connectivity index (χ0v) is 12.5. The van der Waals surface area contributed by atoms with Crippen molar-refractivity contribution in [2.45, 2.75) is 26.3 Å². The Kier molecular flexibility index (Phi) is 4.53. The van der Waals surface area contributed by atoms with Crippen LogP contribution in [0, 0.1) is 0 Å². The molecule has 0 fully saturated rings. The van der Waals surface area contributed by atoms with E-state index in [2.05, 4.69) is 5.32 Å². The van der Waals surface area contributed by atoms with Crippen molar-refractivity contribution in [3.05, 3.63) is 39.5 Å². The summed E-state index contributed by atoms with van der Waals surface area (Å²) in [5.41, 5.74) is 1.72. The molecule has 0 saturated carbocycles. The van der Waals surface area contributed by atoms with E-state index in [1.165, 1.54) is 0 Å². The Morgan fingerprint density at radius 1 is 1.57 bits per heavy atom. The monoisotopic (exact) mass is 309 g/mol. The molecule has 5 nitrogen and oxygen atoms in total.